The predicted molar refractivity (Wildman–Crippen MR) is 165 cm³/mol. The van der Waals surface area contributed by atoms with Crippen LogP contribution in [-0.4, -0.2) is 106 Å². The van der Waals surface area contributed by atoms with Gasteiger partial charge in [0, 0.05) is 62.3 Å². The molecular formula is C33H40N4O7. The molecule has 0 aliphatic carbocycles. The Bertz CT molecular complexity index is 1470. The van der Waals surface area contributed by atoms with Crippen LogP contribution in [0.3, 0.4) is 0 Å². The number of ether oxygens (including phenoxy) is 5. The van der Waals surface area contributed by atoms with E-state index < -0.39 is 0 Å². The highest BCUT2D eigenvalue weighted by atomic mass is 16.5. The highest BCUT2D eigenvalue weighted by Crippen LogP contribution is 2.38. The fraction of sp³-hybridized carbons (Fsp3) is 0.515. The van der Waals surface area contributed by atoms with Crippen molar-refractivity contribution < 1.29 is 33.3 Å². The summed E-state index contributed by atoms with van der Waals surface area (Å²) >= 11 is 0. The first kappa shape index (κ1) is 30.1. The molecule has 6 rings (SSSR count). The first-order chi connectivity index (χ1) is 21.4. The van der Waals surface area contributed by atoms with Crippen molar-refractivity contribution in [1.82, 2.24) is 9.80 Å². The van der Waals surface area contributed by atoms with E-state index in [9.17, 15) is 9.59 Å². The molecule has 0 N–H and O–H groups in total. The molecule has 4 heterocycles. The Balaban J connectivity index is 0.967. The molecule has 11 nitrogen and oxygen atoms in total. The van der Waals surface area contributed by atoms with Crippen LogP contribution in [0.1, 0.15) is 63.9 Å². The van der Waals surface area contributed by atoms with Gasteiger partial charge in [-0.2, -0.15) is 0 Å². The van der Waals surface area contributed by atoms with Gasteiger partial charge >= 0.3 is 0 Å². The van der Waals surface area contributed by atoms with Crippen LogP contribution in [0.4, 0.5) is 5.69 Å². The SMILES string of the molecule is COc1cc2c(cc1C)C(=O)N1CCC(OCCCOC3CCN4C(=O)c5cc(OC)c(OC)cc5N=C[C@@H]4C3)C[C@H]1N=C2. The van der Waals surface area contributed by atoms with Gasteiger partial charge in [0.2, 0.25) is 0 Å². The van der Waals surface area contributed by atoms with Crippen LogP contribution < -0.4 is 14.2 Å². The molecule has 0 saturated carbocycles. The van der Waals surface area contributed by atoms with Gasteiger partial charge in [0.05, 0.1) is 50.8 Å². The smallest absolute Gasteiger partial charge is 0.256 e. The zero-order valence-electron chi connectivity index (χ0n) is 25.8. The molecular weight excluding hydrogens is 564 g/mol. The Morgan fingerprint density at radius 2 is 1.45 bits per heavy atom. The highest BCUT2D eigenvalue weighted by Gasteiger charge is 2.36. The number of hydrogen-bond donors (Lipinski definition) is 0. The molecule has 0 aromatic heterocycles. The maximum Gasteiger partial charge on any atom is 0.256 e. The Kier molecular flexibility index (Phi) is 8.86. The zero-order valence-corrected chi connectivity index (χ0v) is 25.8. The molecule has 11 heteroatoms. The molecule has 0 spiro atoms. The summed E-state index contributed by atoms with van der Waals surface area (Å²) in [5, 5.41) is 0. The lowest BCUT2D eigenvalue weighted by atomic mass is 9.99. The van der Waals surface area contributed by atoms with Gasteiger partial charge in [0.15, 0.2) is 11.5 Å². The number of methoxy groups -OCH3 is 3. The van der Waals surface area contributed by atoms with E-state index in [1.165, 1.54) is 0 Å². The van der Waals surface area contributed by atoms with Crippen LogP contribution in [0.2, 0.25) is 0 Å². The number of hydrogen-bond acceptors (Lipinski definition) is 9. The maximum atomic E-state index is 13.4. The fourth-order valence-electron chi connectivity index (χ4n) is 6.51. The van der Waals surface area contributed by atoms with E-state index in [1.807, 2.05) is 35.1 Å². The van der Waals surface area contributed by atoms with Crippen LogP contribution in [-0.2, 0) is 9.47 Å². The minimum absolute atomic E-state index is 0.00916. The van der Waals surface area contributed by atoms with Crippen LogP contribution in [0.15, 0.2) is 34.3 Å². The van der Waals surface area contributed by atoms with E-state index in [0.29, 0.717) is 67.5 Å². The summed E-state index contributed by atoms with van der Waals surface area (Å²) in [4.78, 5) is 39.8. The molecule has 2 amide bonds. The van der Waals surface area contributed by atoms with Crippen molar-refractivity contribution in [1.29, 1.82) is 0 Å². The quantitative estimate of drug-likeness (QED) is 0.395. The molecule has 4 atom stereocenters. The topological polar surface area (TPSA) is 111 Å². The van der Waals surface area contributed by atoms with Crippen LogP contribution in [0.5, 0.6) is 17.2 Å². The third-order valence-corrected chi connectivity index (χ3v) is 8.94. The van der Waals surface area contributed by atoms with Crippen molar-refractivity contribution in [2.75, 3.05) is 47.6 Å². The Morgan fingerprint density at radius 1 is 0.795 bits per heavy atom. The van der Waals surface area contributed by atoms with Gasteiger partial charge in [-0.25, -0.2) is 0 Å². The number of fused-ring (bicyclic) bond motifs is 4. The van der Waals surface area contributed by atoms with Gasteiger partial charge in [-0.05, 0) is 56.4 Å². The number of amides is 2. The molecule has 2 saturated heterocycles. The molecule has 4 aliphatic rings. The molecule has 0 radical (unpaired) electrons. The number of aryl methyl sites for hydroxylation is 1. The van der Waals surface area contributed by atoms with Gasteiger partial charge in [0.25, 0.3) is 11.8 Å². The van der Waals surface area contributed by atoms with E-state index in [-0.39, 0.29) is 36.2 Å². The number of carbonyl (C=O) groups excluding carboxylic acids is 2. The number of aliphatic imine (C=N–C) groups is 2. The van der Waals surface area contributed by atoms with Crippen molar-refractivity contribution in [3.8, 4) is 17.2 Å². The van der Waals surface area contributed by atoms with Gasteiger partial charge < -0.3 is 33.5 Å². The Morgan fingerprint density at radius 3 is 2.18 bits per heavy atom. The highest BCUT2D eigenvalue weighted by molar-refractivity contribution is 6.04. The van der Waals surface area contributed by atoms with Gasteiger partial charge in [-0.15, -0.1) is 0 Å². The second-order valence-electron chi connectivity index (χ2n) is 11.6. The average Bonchev–Trinajstić information content (AvgIpc) is 3.26. The minimum Gasteiger partial charge on any atom is -0.496 e. The maximum absolute atomic E-state index is 13.4. The Hall–Kier alpha value is -3.96. The average molecular weight is 605 g/mol. The number of carbonyl (C=O) groups is 2. The van der Waals surface area contributed by atoms with Crippen molar-refractivity contribution >= 4 is 29.9 Å². The van der Waals surface area contributed by atoms with E-state index in [1.54, 1.807) is 39.7 Å². The first-order valence-corrected chi connectivity index (χ1v) is 15.3. The number of piperidine rings is 2. The van der Waals surface area contributed by atoms with Crippen molar-refractivity contribution in [2.45, 2.75) is 63.4 Å². The monoisotopic (exact) mass is 604 g/mol. The summed E-state index contributed by atoms with van der Waals surface area (Å²) in [6.45, 7) is 4.30. The van der Waals surface area contributed by atoms with Crippen LogP contribution in [0.25, 0.3) is 0 Å². The predicted octanol–water partition coefficient (Wildman–Crippen LogP) is 4.20. The first-order valence-electron chi connectivity index (χ1n) is 15.3. The summed E-state index contributed by atoms with van der Waals surface area (Å²) in [7, 11) is 4.76. The van der Waals surface area contributed by atoms with Crippen molar-refractivity contribution in [3.05, 3.63) is 46.5 Å². The van der Waals surface area contributed by atoms with Crippen molar-refractivity contribution in [3.63, 3.8) is 0 Å². The normalized spacial score (nSPS) is 24.1. The van der Waals surface area contributed by atoms with E-state index in [4.69, 9.17) is 28.7 Å². The van der Waals surface area contributed by atoms with Gasteiger partial charge in [0.1, 0.15) is 11.9 Å². The third kappa shape index (κ3) is 5.90. The zero-order chi connectivity index (χ0) is 30.8. The molecule has 0 bridgehead atoms. The van der Waals surface area contributed by atoms with Crippen LogP contribution >= 0.6 is 0 Å². The summed E-state index contributed by atoms with van der Waals surface area (Å²) in [6.07, 6.45) is 7.14. The second kappa shape index (κ2) is 13.0. The molecule has 2 aromatic carbocycles. The molecule has 234 valence electrons. The van der Waals surface area contributed by atoms with E-state index >= 15 is 0 Å². The molecule has 4 aliphatic heterocycles. The van der Waals surface area contributed by atoms with E-state index in [2.05, 4.69) is 4.99 Å². The largest absolute Gasteiger partial charge is 0.496 e. The fourth-order valence-corrected chi connectivity index (χ4v) is 6.51. The lowest BCUT2D eigenvalue weighted by Crippen LogP contribution is -2.48. The summed E-state index contributed by atoms with van der Waals surface area (Å²) < 4.78 is 28.7. The molecule has 2 fully saturated rings. The van der Waals surface area contributed by atoms with Gasteiger partial charge in [-0.3, -0.25) is 19.6 Å². The number of nitrogens with zero attached hydrogens (tertiary/aromatic N) is 4. The van der Waals surface area contributed by atoms with E-state index in [0.717, 1.165) is 36.1 Å². The summed E-state index contributed by atoms with van der Waals surface area (Å²) in [5.74, 6) is 1.76. The van der Waals surface area contributed by atoms with Crippen LogP contribution in [0, 0.1) is 6.92 Å². The molecule has 2 unspecified atom stereocenters. The lowest BCUT2D eigenvalue weighted by Gasteiger charge is -2.37. The molecule has 2 aromatic rings. The minimum atomic E-state index is -0.237. The Labute approximate surface area is 257 Å². The van der Waals surface area contributed by atoms with Crippen molar-refractivity contribution in [2.24, 2.45) is 9.98 Å². The number of benzene rings is 2. The summed E-state index contributed by atoms with van der Waals surface area (Å²) in [5.41, 5.74) is 3.49. The summed E-state index contributed by atoms with van der Waals surface area (Å²) in [6, 6.07) is 7.10. The standard InChI is InChI=1S/C33H40N4O7/c1-20-12-25-21(13-28(20)40-2)18-35-31-15-24(7-9-37(31)32(25)38)44-11-5-10-43-23-6-8-36-22(14-23)19-34-27-17-30(42-4)29(41-3)16-26(27)33(36)39/h12-13,16-19,22-24,31H,5-11,14-15H2,1-4H3/t22-,23?,24?,31-/m0/s1. The number of rotatable bonds is 9. The molecule has 44 heavy (non-hydrogen) atoms. The van der Waals surface area contributed by atoms with Gasteiger partial charge in [-0.1, -0.05) is 0 Å². The lowest BCUT2D eigenvalue weighted by molar-refractivity contribution is -0.0313. The third-order valence-electron chi connectivity index (χ3n) is 8.94. The second-order valence-corrected chi connectivity index (χ2v) is 11.6.